The fourth-order valence-electron chi connectivity index (χ4n) is 8.64. The molecule has 2 unspecified atom stereocenters. The number of alkyl carbamates (subject to hydrolysis) is 2. The van der Waals surface area contributed by atoms with Crippen molar-refractivity contribution in [2.45, 2.75) is 169 Å². The lowest BCUT2D eigenvalue weighted by Crippen LogP contribution is -2.46. The van der Waals surface area contributed by atoms with E-state index in [4.69, 9.17) is 55.2 Å². The highest BCUT2D eigenvalue weighted by Gasteiger charge is 2.45. The number of aromatic nitrogens is 4. The summed E-state index contributed by atoms with van der Waals surface area (Å²) >= 11 is 6.05. The monoisotopic (exact) mass is 1120 g/mol. The first-order chi connectivity index (χ1) is 36.9. The zero-order chi connectivity index (χ0) is 58.0. The zero-order valence-corrected chi connectivity index (χ0v) is 48.7. The van der Waals surface area contributed by atoms with Gasteiger partial charge in [0.2, 0.25) is 11.2 Å². The smallest absolute Gasteiger partial charge is 0.407 e. The number of carbonyl (C=O) groups is 4. The Bertz CT molecular complexity index is 2750. The van der Waals surface area contributed by atoms with E-state index in [0.29, 0.717) is 48.0 Å². The van der Waals surface area contributed by atoms with E-state index in [1.54, 1.807) is 111 Å². The molecule has 0 aliphatic carbocycles. The van der Waals surface area contributed by atoms with Crippen molar-refractivity contribution in [2.75, 3.05) is 54.5 Å². The van der Waals surface area contributed by atoms with Crippen LogP contribution in [0.15, 0.2) is 60.9 Å². The van der Waals surface area contributed by atoms with E-state index in [0.717, 1.165) is 35.5 Å². The Kier molecular flexibility index (Phi) is 20.5. The van der Waals surface area contributed by atoms with Gasteiger partial charge in [0, 0.05) is 55.5 Å². The van der Waals surface area contributed by atoms with Crippen molar-refractivity contribution in [3.63, 3.8) is 0 Å². The van der Waals surface area contributed by atoms with Crippen LogP contribution in [0.1, 0.15) is 129 Å². The number of halogens is 1. The molecular weight excluding hydrogens is 1040 g/mol. The second-order valence-corrected chi connectivity index (χ2v) is 23.2. The maximum Gasteiger partial charge on any atom is 0.407 e. The van der Waals surface area contributed by atoms with Gasteiger partial charge in [0.15, 0.2) is 11.6 Å². The minimum Gasteiger partial charge on any atom is -0.493 e. The Hall–Kier alpha value is -6.43. The Morgan fingerprint density at radius 3 is 1.47 bits per heavy atom. The molecule has 0 spiro atoms. The molecule has 4 aliphatic rings. The fraction of sp³-hybridized carbons (Fsp3) is 0.571. The molecule has 22 nitrogen and oxygen atoms in total. The summed E-state index contributed by atoms with van der Waals surface area (Å²) in [5.41, 5.74) is 6.81. The third-order valence-corrected chi connectivity index (χ3v) is 11.8. The van der Waals surface area contributed by atoms with E-state index in [2.05, 4.69) is 35.9 Å². The van der Waals surface area contributed by atoms with E-state index in [1.807, 2.05) is 45.9 Å². The average molecular weight is 1120 g/mol. The Morgan fingerprint density at radius 1 is 0.658 bits per heavy atom. The molecule has 2 aromatic carbocycles. The molecule has 5 N–H and O–H groups in total. The van der Waals surface area contributed by atoms with Gasteiger partial charge in [0.1, 0.15) is 58.8 Å². The maximum atomic E-state index is 14.0. The zero-order valence-electron chi connectivity index (χ0n) is 47.9. The summed E-state index contributed by atoms with van der Waals surface area (Å²) < 4.78 is 46.4. The number of amides is 4. The highest BCUT2D eigenvalue weighted by Crippen LogP contribution is 2.34. The number of ether oxygens (including phenoxy) is 8. The molecule has 432 valence electrons. The minimum atomic E-state index is -0.923. The molecule has 6 heterocycles. The van der Waals surface area contributed by atoms with Gasteiger partial charge in [-0.2, -0.15) is 4.98 Å². The van der Waals surface area contributed by atoms with E-state index >= 15 is 0 Å². The summed E-state index contributed by atoms with van der Waals surface area (Å²) in [6.07, 6.45) is 1.24. The number of hydrogen-bond donors (Lipinski definition) is 4. The third-order valence-electron chi connectivity index (χ3n) is 11.6. The Morgan fingerprint density at radius 2 is 1.06 bits per heavy atom. The van der Waals surface area contributed by atoms with E-state index in [9.17, 15) is 19.2 Å². The molecule has 0 bridgehead atoms. The molecule has 4 aliphatic heterocycles. The Balaban J connectivity index is 0.000000240. The predicted octanol–water partition coefficient (Wildman–Crippen LogP) is 8.03. The first kappa shape index (κ1) is 61.8. The quantitative estimate of drug-likeness (QED) is 0.0871. The van der Waals surface area contributed by atoms with Crippen molar-refractivity contribution in [3.8, 4) is 11.5 Å². The number of nitrogens with two attached hydrogens (primary N) is 1. The van der Waals surface area contributed by atoms with Crippen molar-refractivity contribution in [3.05, 3.63) is 88.5 Å². The summed E-state index contributed by atoms with van der Waals surface area (Å²) in [6, 6.07) is 14.5. The van der Waals surface area contributed by atoms with Crippen LogP contribution in [0.4, 0.5) is 27.2 Å². The first-order valence-electron chi connectivity index (χ1n) is 26.6. The summed E-state index contributed by atoms with van der Waals surface area (Å²) in [5, 5.41) is 8.69. The van der Waals surface area contributed by atoms with E-state index in [1.165, 1.54) is 11.1 Å². The molecule has 2 fully saturated rings. The van der Waals surface area contributed by atoms with Crippen molar-refractivity contribution in [1.82, 2.24) is 30.6 Å². The van der Waals surface area contributed by atoms with Crippen LogP contribution in [0.25, 0.3) is 0 Å². The largest absolute Gasteiger partial charge is 0.493 e. The topological polar surface area (TPSA) is 262 Å². The Labute approximate surface area is 468 Å². The van der Waals surface area contributed by atoms with Gasteiger partial charge in [-0.25, -0.2) is 24.5 Å². The van der Waals surface area contributed by atoms with Crippen LogP contribution in [0.3, 0.4) is 0 Å². The highest BCUT2D eigenvalue weighted by atomic mass is 35.5. The van der Waals surface area contributed by atoms with Crippen LogP contribution in [0.5, 0.6) is 11.5 Å². The van der Waals surface area contributed by atoms with Gasteiger partial charge in [-0.3, -0.25) is 19.4 Å². The van der Waals surface area contributed by atoms with Crippen LogP contribution in [0, 0.1) is 0 Å². The maximum absolute atomic E-state index is 14.0. The normalized spacial score (nSPS) is 19.5. The molecule has 79 heavy (non-hydrogen) atoms. The van der Waals surface area contributed by atoms with Gasteiger partial charge in [0.25, 0.3) is 11.8 Å². The standard InChI is InChI=1S/C28H39N5O6.C25H31ClN4O6.C3H9N/c1-17(2)31-25-29-12-10-23(32-25)33(24(34)19-8-9-20-18(14-19)11-13-36-20)16-22-21(37-28(6,7)38-22)15-30-26(35)39-27(3,4)5;1-24(2,3)36-23(32)28-13-18-19(35-25(4,5)34-18)14-30(20-8-10-27-22(26)29-20)21(31)16-6-7-17-15(12-16)9-11-33-17;1-3(2)4/h8-10,12,14,17,21-22H,11,13,15-16H2,1-7H3,(H,30,35)(H,29,31,32);6-8,10,12,18-19H,9,11,13-14H2,1-5H3,(H,28,32);3H,4H2,1-2H3/t21-,22?;18-,19?;/m00./s1. The van der Waals surface area contributed by atoms with Crippen LogP contribution in [0.2, 0.25) is 5.28 Å². The lowest BCUT2D eigenvalue weighted by atomic mass is 10.1. The average Bonchev–Trinajstić information content (AvgIpc) is 4.14. The van der Waals surface area contributed by atoms with Gasteiger partial charge in [-0.05, 0) is 160 Å². The molecule has 4 aromatic rings. The highest BCUT2D eigenvalue weighted by molar-refractivity contribution is 6.28. The SMILES string of the molecule is CC(C)(C)OC(=O)NC[C@@H]1OC(C)(C)OC1CN(C(=O)c1ccc2c(c1)CCO2)c1ccnc(Cl)n1.CC(C)N.CC(C)Nc1nccc(N(CC2OC(C)(C)O[C@H]2CNC(=O)OC(C)(C)C)C(=O)c2ccc3c(c2)CCO3)n1. The van der Waals surface area contributed by atoms with Crippen molar-refractivity contribution < 1.29 is 57.1 Å². The van der Waals surface area contributed by atoms with Crippen molar-refractivity contribution in [2.24, 2.45) is 5.73 Å². The fourth-order valence-corrected chi connectivity index (χ4v) is 8.79. The number of hydrogen-bond acceptors (Lipinski definition) is 18. The minimum absolute atomic E-state index is 0.0136. The second-order valence-electron chi connectivity index (χ2n) is 22.8. The number of fused-ring (bicyclic) bond motifs is 2. The predicted molar refractivity (Wildman–Crippen MR) is 298 cm³/mol. The summed E-state index contributed by atoms with van der Waals surface area (Å²) in [5.74, 6) is 0.365. The molecule has 2 saturated heterocycles. The molecule has 4 amide bonds. The van der Waals surface area contributed by atoms with E-state index < -0.39 is 59.4 Å². The third kappa shape index (κ3) is 18.8. The molecule has 4 atom stereocenters. The second kappa shape index (κ2) is 26.2. The van der Waals surface area contributed by atoms with Crippen LogP contribution < -0.4 is 41.0 Å². The van der Waals surface area contributed by atoms with Gasteiger partial charge in [0.05, 0.1) is 26.3 Å². The van der Waals surface area contributed by atoms with Crippen LogP contribution >= 0.6 is 11.6 Å². The molecule has 0 radical (unpaired) electrons. The van der Waals surface area contributed by atoms with Crippen LogP contribution in [-0.4, -0.2) is 143 Å². The van der Waals surface area contributed by atoms with Crippen LogP contribution in [-0.2, 0) is 41.3 Å². The number of benzene rings is 2. The molecule has 0 saturated carbocycles. The number of rotatable bonds is 14. The molecular formula is C56H79ClN10O12. The number of nitrogens with one attached hydrogen (secondary N) is 3. The van der Waals surface area contributed by atoms with Crippen molar-refractivity contribution in [1.29, 1.82) is 0 Å². The van der Waals surface area contributed by atoms with Crippen molar-refractivity contribution >= 4 is 53.2 Å². The molecule has 2 aromatic heterocycles. The number of anilines is 3. The number of carbonyl (C=O) groups excluding carboxylic acids is 4. The van der Waals surface area contributed by atoms with Gasteiger partial charge in [-0.1, -0.05) is 13.8 Å². The van der Waals surface area contributed by atoms with E-state index in [-0.39, 0.29) is 49.3 Å². The lowest BCUT2D eigenvalue weighted by Gasteiger charge is -2.27. The van der Waals surface area contributed by atoms with Gasteiger partial charge < -0.3 is 59.6 Å². The summed E-state index contributed by atoms with van der Waals surface area (Å²) in [4.78, 5) is 72.4. The molecule has 8 rings (SSSR count). The summed E-state index contributed by atoms with van der Waals surface area (Å²) in [7, 11) is 0. The molecule has 23 heteroatoms. The van der Waals surface area contributed by atoms with Gasteiger partial charge >= 0.3 is 12.2 Å². The first-order valence-corrected chi connectivity index (χ1v) is 26.9. The lowest BCUT2D eigenvalue weighted by molar-refractivity contribution is -0.145. The number of nitrogens with zero attached hydrogens (tertiary/aromatic N) is 6. The summed E-state index contributed by atoms with van der Waals surface area (Å²) in [6.45, 7) is 27.5. The van der Waals surface area contributed by atoms with Gasteiger partial charge in [-0.15, -0.1) is 0 Å².